The van der Waals surface area contributed by atoms with Crippen LogP contribution in [0.1, 0.15) is 23.7 Å². The van der Waals surface area contributed by atoms with Gasteiger partial charge in [-0.1, -0.05) is 19.4 Å². The van der Waals surface area contributed by atoms with Gasteiger partial charge in [0.15, 0.2) is 0 Å². The van der Waals surface area contributed by atoms with Gasteiger partial charge < -0.3 is 0 Å². The van der Waals surface area contributed by atoms with Gasteiger partial charge in [-0.05, 0) is 18.9 Å². The van der Waals surface area contributed by atoms with Crippen LogP contribution in [0.4, 0.5) is 0 Å². The van der Waals surface area contributed by atoms with Gasteiger partial charge in [0, 0.05) is 17.0 Å². The van der Waals surface area contributed by atoms with Gasteiger partial charge in [0.2, 0.25) is 0 Å². The molecule has 0 saturated carbocycles. The highest BCUT2D eigenvalue weighted by Crippen LogP contribution is 2.20. The third kappa shape index (κ3) is 3.12. The van der Waals surface area contributed by atoms with Crippen molar-refractivity contribution in [2.24, 2.45) is 5.92 Å². The number of allylic oxidation sites excluding steroid dienone is 1. The minimum atomic E-state index is 0.514. The van der Waals surface area contributed by atoms with E-state index in [9.17, 15) is 0 Å². The number of aryl methyl sites for hydroxylation is 1. The van der Waals surface area contributed by atoms with Crippen molar-refractivity contribution >= 4 is 29.0 Å². The molecule has 13 heavy (non-hydrogen) atoms. The van der Waals surface area contributed by atoms with Gasteiger partial charge in [0.25, 0.3) is 0 Å². The topological polar surface area (TPSA) is 12.9 Å². The molecule has 0 amide bonds. The molecule has 0 atom stereocenters. The first-order valence-electron chi connectivity index (χ1n) is 4.32. The van der Waals surface area contributed by atoms with Crippen molar-refractivity contribution in [3.63, 3.8) is 0 Å². The van der Waals surface area contributed by atoms with Gasteiger partial charge in [-0.3, -0.25) is 0 Å². The summed E-state index contributed by atoms with van der Waals surface area (Å²) in [5.41, 5.74) is 1.27. The summed E-state index contributed by atoms with van der Waals surface area (Å²) >= 11 is 7.54. The molecule has 0 bridgehead atoms. The molecular formula is C10H14ClNS. The van der Waals surface area contributed by atoms with E-state index in [1.165, 1.54) is 10.5 Å². The number of alkyl halides is 1. The van der Waals surface area contributed by atoms with E-state index in [1.54, 1.807) is 11.3 Å². The monoisotopic (exact) mass is 215 g/mol. The molecule has 0 aromatic carbocycles. The Morgan fingerprint density at radius 1 is 1.69 bits per heavy atom. The average molecular weight is 216 g/mol. The van der Waals surface area contributed by atoms with Crippen molar-refractivity contribution < 1.29 is 0 Å². The van der Waals surface area contributed by atoms with Crippen LogP contribution in [0.2, 0.25) is 0 Å². The van der Waals surface area contributed by atoms with Crippen LogP contribution in [-0.2, 0) is 0 Å². The Kier molecular flexibility index (Phi) is 3.94. The Labute approximate surface area is 88.5 Å². The molecule has 1 nitrogen and oxygen atoms in total. The second-order valence-corrected chi connectivity index (χ2v) is 4.82. The van der Waals surface area contributed by atoms with E-state index < -0.39 is 0 Å². The molecule has 0 N–H and O–H groups in total. The molecule has 1 rings (SSSR count). The highest BCUT2D eigenvalue weighted by molar-refractivity contribution is 7.12. The van der Waals surface area contributed by atoms with Gasteiger partial charge in [0.1, 0.15) is 0 Å². The Bertz CT molecular complexity index is 302. The fraction of sp³-hybridized carbons (Fsp3) is 0.500. The second-order valence-electron chi connectivity index (χ2n) is 3.29. The van der Waals surface area contributed by atoms with Crippen LogP contribution in [0.3, 0.4) is 0 Å². The first-order valence-corrected chi connectivity index (χ1v) is 5.67. The van der Waals surface area contributed by atoms with E-state index in [0.717, 1.165) is 5.01 Å². The lowest BCUT2D eigenvalue weighted by Crippen LogP contribution is -1.94. The Balaban J connectivity index is 2.84. The summed E-state index contributed by atoms with van der Waals surface area (Å²) in [6.45, 7) is 6.32. The molecule has 0 fully saturated rings. The van der Waals surface area contributed by atoms with E-state index in [0.29, 0.717) is 11.8 Å². The summed E-state index contributed by atoms with van der Waals surface area (Å²) in [6, 6.07) is 0. The largest absolute Gasteiger partial charge is 0.249 e. The van der Waals surface area contributed by atoms with E-state index >= 15 is 0 Å². The molecule has 3 heteroatoms. The Hall–Kier alpha value is -0.340. The van der Waals surface area contributed by atoms with Crippen molar-refractivity contribution in [1.29, 1.82) is 0 Å². The SMILES string of the molecule is Cc1ncc(/C=C(/CCl)C(C)C)s1. The molecule has 0 aliphatic carbocycles. The molecule has 0 radical (unpaired) electrons. The summed E-state index contributed by atoms with van der Waals surface area (Å²) < 4.78 is 0. The van der Waals surface area contributed by atoms with Crippen LogP contribution >= 0.6 is 22.9 Å². The zero-order chi connectivity index (χ0) is 9.84. The lowest BCUT2D eigenvalue weighted by molar-refractivity contribution is 0.778. The third-order valence-corrected chi connectivity index (χ3v) is 3.03. The van der Waals surface area contributed by atoms with Crippen molar-refractivity contribution in [2.45, 2.75) is 20.8 Å². The van der Waals surface area contributed by atoms with Crippen molar-refractivity contribution in [3.8, 4) is 0 Å². The number of thiazole rings is 1. The first-order chi connectivity index (χ1) is 6.13. The van der Waals surface area contributed by atoms with Gasteiger partial charge >= 0.3 is 0 Å². The minimum absolute atomic E-state index is 0.514. The average Bonchev–Trinajstić information content (AvgIpc) is 2.46. The maximum Gasteiger partial charge on any atom is 0.0900 e. The van der Waals surface area contributed by atoms with Gasteiger partial charge in [0.05, 0.1) is 5.01 Å². The van der Waals surface area contributed by atoms with Crippen LogP contribution in [0.25, 0.3) is 6.08 Å². The van der Waals surface area contributed by atoms with Crippen molar-refractivity contribution in [1.82, 2.24) is 4.98 Å². The number of aromatic nitrogens is 1. The molecule has 0 unspecified atom stereocenters. The molecule has 0 aliphatic heterocycles. The lowest BCUT2D eigenvalue weighted by Gasteiger charge is -2.05. The zero-order valence-corrected chi connectivity index (χ0v) is 9.75. The summed E-state index contributed by atoms with van der Waals surface area (Å²) in [7, 11) is 0. The summed E-state index contributed by atoms with van der Waals surface area (Å²) in [5, 5.41) is 1.10. The van der Waals surface area contributed by atoms with Crippen LogP contribution in [0.5, 0.6) is 0 Å². The second kappa shape index (κ2) is 4.77. The smallest absolute Gasteiger partial charge is 0.0900 e. The van der Waals surface area contributed by atoms with Gasteiger partial charge in [-0.2, -0.15) is 0 Å². The predicted octanol–water partition coefficient (Wildman–Crippen LogP) is 3.73. The Morgan fingerprint density at radius 2 is 2.38 bits per heavy atom. The van der Waals surface area contributed by atoms with Gasteiger partial charge in [-0.15, -0.1) is 22.9 Å². The molecule has 1 aromatic rings. The van der Waals surface area contributed by atoms with Crippen LogP contribution < -0.4 is 0 Å². The summed E-state index contributed by atoms with van der Waals surface area (Å²) in [5.74, 6) is 1.12. The van der Waals surface area contributed by atoms with E-state index in [1.807, 2.05) is 13.1 Å². The maximum atomic E-state index is 5.84. The number of hydrogen-bond acceptors (Lipinski definition) is 2. The van der Waals surface area contributed by atoms with Crippen LogP contribution in [-0.4, -0.2) is 10.9 Å². The first kappa shape index (κ1) is 10.7. The van der Waals surface area contributed by atoms with E-state index in [-0.39, 0.29) is 0 Å². The van der Waals surface area contributed by atoms with Crippen LogP contribution in [0.15, 0.2) is 11.8 Å². The van der Waals surface area contributed by atoms with Crippen molar-refractivity contribution in [3.05, 3.63) is 21.7 Å². The number of nitrogens with zero attached hydrogens (tertiary/aromatic N) is 1. The predicted molar refractivity (Wildman–Crippen MR) is 60.4 cm³/mol. The minimum Gasteiger partial charge on any atom is -0.249 e. The number of halogens is 1. The van der Waals surface area contributed by atoms with Crippen LogP contribution in [0, 0.1) is 12.8 Å². The standard InChI is InChI=1S/C10H14ClNS/c1-7(2)9(5-11)4-10-6-12-8(3)13-10/h4,6-7H,5H2,1-3H3/b9-4-. The lowest BCUT2D eigenvalue weighted by atomic mass is 10.1. The maximum absolute atomic E-state index is 5.84. The van der Waals surface area contributed by atoms with E-state index in [4.69, 9.17) is 11.6 Å². The van der Waals surface area contributed by atoms with Gasteiger partial charge in [-0.25, -0.2) is 4.98 Å². The molecule has 0 saturated heterocycles. The summed E-state index contributed by atoms with van der Waals surface area (Å²) in [4.78, 5) is 5.39. The van der Waals surface area contributed by atoms with Crippen molar-refractivity contribution in [2.75, 3.05) is 5.88 Å². The third-order valence-electron chi connectivity index (χ3n) is 1.86. The normalized spacial score (nSPS) is 12.5. The Morgan fingerprint density at radius 3 is 2.77 bits per heavy atom. The highest BCUT2D eigenvalue weighted by Gasteiger charge is 2.02. The fourth-order valence-electron chi connectivity index (χ4n) is 0.987. The quantitative estimate of drug-likeness (QED) is 0.701. The van der Waals surface area contributed by atoms with E-state index in [2.05, 4.69) is 24.9 Å². The number of hydrogen-bond donors (Lipinski definition) is 0. The molecule has 1 aromatic heterocycles. The molecular weight excluding hydrogens is 202 g/mol. The fourth-order valence-corrected chi connectivity index (χ4v) is 2.13. The highest BCUT2D eigenvalue weighted by atomic mass is 35.5. The molecule has 1 heterocycles. The zero-order valence-electron chi connectivity index (χ0n) is 8.17. The molecule has 72 valence electrons. The number of rotatable bonds is 3. The summed E-state index contributed by atoms with van der Waals surface area (Å²) in [6.07, 6.45) is 4.04. The molecule has 0 spiro atoms. The molecule has 0 aliphatic rings.